The standard InChI is InChI=1S/C27H26N2O4S2/c1-3-28-21(11-9-20-17-22(33-2)12-13-24(20)28)18-26-29(15-6-16-35(30,31)32)27-23-8-5-4-7-19(23)10-14-25(27)34-26/h4-5,7-14,17-18H,3,6,15-16H2,1-2H3. The van der Waals surface area contributed by atoms with Gasteiger partial charge in [0.25, 0.3) is 0 Å². The van der Waals surface area contributed by atoms with Gasteiger partial charge in [-0.3, -0.25) is 0 Å². The van der Waals surface area contributed by atoms with E-state index < -0.39 is 10.1 Å². The zero-order valence-electron chi connectivity index (χ0n) is 19.6. The lowest BCUT2D eigenvalue weighted by Gasteiger charge is -2.22. The highest BCUT2D eigenvalue weighted by Gasteiger charge is 2.28. The third-order valence-corrected chi connectivity index (χ3v) is 8.13. The second-order valence-corrected chi connectivity index (χ2v) is 11.0. The predicted molar refractivity (Wildman–Crippen MR) is 141 cm³/mol. The second kappa shape index (κ2) is 9.53. The van der Waals surface area contributed by atoms with Crippen LogP contribution in [0, 0.1) is 0 Å². The molecule has 2 heterocycles. The highest BCUT2D eigenvalue weighted by atomic mass is 32.2. The summed E-state index contributed by atoms with van der Waals surface area (Å²) in [7, 11) is -2.60. The Balaban J connectivity index is 1.61. The van der Waals surface area contributed by atoms with Gasteiger partial charge in [-0.2, -0.15) is 4.57 Å². The number of methoxy groups -OCH3 is 1. The van der Waals surface area contributed by atoms with Gasteiger partial charge in [0.15, 0.2) is 0 Å². The number of fused-ring (bicyclic) bond motifs is 4. The molecule has 0 bridgehead atoms. The van der Waals surface area contributed by atoms with Crippen LogP contribution in [0.1, 0.15) is 19.0 Å². The van der Waals surface area contributed by atoms with Gasteiger partial charge in [0.05, 0.1) is 33.3 Å². The van der Waals surface area contributed by atoms with E-state index in [0.29, 0.717) is 6.54 Å². The number of benzene rings is 3. The van der Waals surface area contributed by atoms with E-state index in [0.717, 1.165) is 55.3 Å². The molecule has 3 aromatic carbocycles. The van der Waals surface area contributed by atoms with E-state index in [1.807, 2.05) is 24.3 Å². The minimum Gasteiger partial charge on any atom is -0.748 e. The summed E-state index contributed by atoms with van der Waals surface area (Å²) in [5, 5.41) is 4.34. The van der Waals surface area contributed by atoms with Crippen molar-refractivity contribution in [3.8, 4) is 5.75 Å². The van der Waals surface area contributed by atoms with Crippen molar-refractivity contribution >= 4 is 55.3 Å². The van der Waals surface area contributed by atoms with Gasteiger partial charge >= 0.3 is 0 Å². The number of thioether (sulfide) groups is 1. The first-order chi connectivity index (χ1) is 16.9. The van der Waals surface area contributed by atoms with E-state index in [1.54, 1.807) is 18.9 Å². The summed E-state index contributed by atoms with van der Waals surface area (Å²) < 4.78 is 41.5. The van der Waals surface area contributed by atoms with Gasteiger partial charge in [0, 0.05) is 40.8 Å². The van der Waals surface area contributed by atoms with Crippen molar-refractivity contribution in [2.24, 2.45) is 0 Å². The van der Waals surface area contributed by atoms with Gasteiger partial charge in [-0.05, 0) is 43.0 Å². The number of aryl methyl sites for hydroxylation is 1. The van der Waals surface area contributed by atoms with Gasteiger partial charge in [0.1, 0.15) is 12.3 Å². The van der Waals surface area contributed by atoms with Crippen molar-refractivity contribution in [3.63, 3.8) is 0 Å². The molecule has 6 nitrogen and oxygen atoms in total. The maximum absolute atomic E-state index is 11.3. The molecule has 0 fully saturated rings. The normalized spacial score (nSPS) is 14.7. The van der Waals surface area contributed by atoms with Crippen LogP contribution < -0.4 is 14.2 Å². The Labute approximate surface area is 209 Å². The summed E-state index contributed by atoms with van der Waals surface area (Å²) in [6.07, 6.45) is 2.41. The molecule has 0 saturated carbocycles. The fourth-order valence-electron chi connectivity index (χ4n) is 4.65. The summed E-state index contributed by atoms with van der Waals surface area (Å²) in [5.74, 6) is 0.438. The Morgan fingerprint density at radius 1 is 1.06 bits per heavy atom. The summed E-state index contributed by atoms with van der Waals surface area (Å²) >= 11 is 1.67. The van der Waals surface area contributed by atoms with E-state index in [2.05, 4.69) is 64.9 Å². The predicted octanol–water partition coefficient (Wildman–Crippen LogP) is 5.16. The van der Waals surface area contributed by atoms with Crippen molar-refractivity contribution in [2.45, 2.75) is 24.8 Å². The molecular weight excluding hydrogens is 480 g/mol. The summed E-state index contributed by atoms with van der Waals surface area (Å²) in [4.78, 5) is 3.28. The first-order valence-electron chi connectivity index (χ1n) is 11.5. The Morgan fingerprint density at radius 2 is 1.86 bits per heavy atom. The average Bonchev–Trinajstić information content (AvgIpc) is 3.20. The van der Waals surface area contributed by atoms with Gasteiger partial charge < -0.3 is 14.2 Å². The summed E-state index contributed by atoms with van der Waals surface area (Å²) in [6.45, 7) is 3.35. The Morgan fingerprint density at radius 3 is 2.63 bits per heavy atom. The van der Waals surface area contributed by atoms with Crippen molar-refractivity contribution in [1.82, 2.24) is 0 Å². The number of anilines is 1. The molecule has 180 valence electrons. The smallest absolute Gasteiger partial charge is 0.213 e. The van der Waals surface area contributed by atoms with Crippen LogP contribution in [0.5, 0.6) is 5.75 Å². The molecule has 0 radical (unpaired) electrons. The fourth-order valence-corrected chi connectivity index (χ4v) is 6.28. The van der Waals surface area contributed by atoms with Gasteiger partial charge in [0.2, 0.25) is 11.2 Å². The maximum Gasteiger partial charge on any atom is 0.213 e. The van der Waals surface area contributed by atoms with Crippen LogP contribution in [0.4, 0.5) is 5.69 Å². The summed E-state index contributed by atoms with van der Waals surface area (Å²) in [6, 6.07) is 22.7. The monoisotopic (exact) mass is 506 g/mol. The minimum atomic E-state index is -4.27. The third-order valence-electron chi connectivity index (χ3n) is 6.25. The van der Waals surface area contributed by atoms with Crippen molar-refractivity contribution in [3.05, 3.63) is 77.5 Å². The number of aromatic nitrogens is 1. The maximum atomic E-state index is 11.3. The largest absolute Gasteiger partial charge is 0.748 e. The molecule has 5 rings (SSSR count). The molecule has 4 aromatic rings. The number of hydrogen-bond acceptors (Lipinski definition) is 6. The van der Waals surface area contributed by atoms with E-state index >= 15 is 0 Å². The number of ether oxygens (including phenoxy) is 1. The van der Waals surface area contributed by atoms with E-state index in [-0.39, 0.29) is 12.2 Å². The lowest BCUT2D eigenvalue weighted by molar-refractivity contribution is -0.669. The van der Waals surface area contributed by atoms with Crippen LogP contribution in [0.3, 0.4) is 0 Å². The molecular formula is C27H26N2O4S2. The number of rotatable bonds is 7. The Hall–Kier alpha value is -3.07. The van der Waals surface area contributed by atoms with Crippen LogP contribution in [0.25, 0.3) is 27.8 Å². The van der Waals surface area contributed by atoms with Crippen LogP contribution in [-0.4, -0.2) is 32.4 Å². The van der Waals surface area contributed by atoms with Crippen molar-refractivity contribution in [2.75, 3.05) is 24.3 Å². The molecule has 0 unspecified atom stereocenters. The van der Waals surface area contributed by atoms with Gasteiger partial charge in [-0.15, -0.1) is 0 Å². The van der Waals surface area contributed by atoms with E-state index in [1.165, 1.54) is 0 Å². The number of nitrogens with zero attached hydrogens (tertiary/aromatic N) is 2. The van der Waals surface area contributed by atoms with Crippen LogP contribution >= 0.6 is 11.8 Å². The average molecular weight is 507 g/mol. The number of pyridine rings is 1. The minimum absolute atomic E-state index is 0.262. The number of hydrogen-bond donors (Lipinski definition) is 0. The molecule has 0 N–H and O–H groups in total. The molecule has 0 amide bonds. The molecule has 0 atom stereocenters. The SMILES string of the molecule is CC[n+]1c(C=C2Sc3ccc4ccccc4c3N2CCCS(=O)(=O)[O-])ccc2cc(OC)ccc21. The highest BCUT2D eigenvalue weighted by Crippen LogP contribution is 2.50. The lowest BCUT2D eigenvalue weighted by atomic mass is 10.1. The fraction of sp³-hybridized carbons (Fsp3) is 0.222. The van der Waals surface area contributed by atoms with Crippen LogP contribution in [0.2, 0.25) is 0 Å². The van der Waals surface area contributed by atoms with Gasteiger partial charge in [-0.25, -0.2) is 8.42 Å². The van der Waals surface area contributed by atoms with Crippen LogP contribution in [-0.2, 0) is 16.7 Å². The molecule has 1 aliphatic heterocycles. The van der Waals surface area contributed by atoms with Crippen LogP contribution in [0.15, 0.2) is 76.7 Å². The van der Waals surface area contributed by atoms with Gasteiger partial charge in [-0.1, -0.05) is 42.1 Å². The zero-order chi connectivity index (χ0) is 24.6. The topological polar surface area (TPSA) is 73.6 Å². The molecule has 8 heteroatoms. The molecule has 1 aromatic heterocycles. The molecule has 35 heavy (non-hydrogen) atoms. The quantitative estimate of drug-likeness (QED) is 0.255. The van der Waals surface area contributed by atoms with Crippen molar-refractivity contribution < 1.29 is 22.3 Å². The third kappa shape index (κ3) is 4.74. The first-order valence-corrected chi connectivity index (χ1v) is 13.9. The second-order valence-electron chi connectivity index (χ2n) is 8.41. The van der Waals surface area contributed by atoms with Crippen molar-refractivity contribution in [1.29, 1.82) is 0 Å². The van der Waals surface area contributed by atoms with E-state index in [4.69, 9.17) is 4.74 Å². The highest BCUT2D eigenvalue weighted by molar-refractivity contribution is 8.04. The Kier molecular flexibility index (Phi) is 6.44. The first kappa shape index (κ1) is 23.7. The van der Waals surface area contributed by atoms with E-state index in [9.17, 15) is 13.0 Å². The molecule has 0 spiro atoms. The molecule has 1 aliphatic rings. The molecule has 0 aliphatic carbocycles. The zero-order valence-corrected chi connectivity index (χ0v) is 21.2. The molecule has 0 saturated heterocycles. The lowest BCUT2D eigenvalue weighted by Crippen LogP contribution is -2.37. The summed E-state index contributed by atoms with van der Waals surface area (Å²) in [5.41, 5.74) is 3.22. The Bertz CT molecular complexity index is 1560.